The van der Waals surface area contributed by atoms with E-state index < -0.39 is 6.10 Å². The van der Waals surface area contributed by atoms with Crippen molar-refractivity contribution in [3.63, 3.8) is 0 Å². The average Bonchev–Trinajstić information content (AvgIpc) is 2.56. The molecule has 1 amide bonds. The fourth-order valence-corrected chi connectivity index (χ4v) is 3.01. The molecule has 1 saturated carbocycles. The Bertz CT molecular complexity index is 443. The zero-order chi connectivity index (χ0) is 15.8. The maximum absolute atomic E-state index is 12.3. The van der Waals surface area contributed by atoms with E-state index in [0.29, 0.717) is 13.2 Å². The number of aliphatic hydroxyl groups excluding tert-OH is 1. The van der Waals surface area contributed by atoms with E-state index in [1.165, 1.54) is 6.42 Å². The van der Waals surface area contributed by atoms with Gasteiger partial charge in [-0.05, 0) is 18.4 Å². The minimum Gasteiger partial charge on any atom is -0.389 e. The largest absolute Gasteiger partial charge is 0.389 e. The van der Waals surface area contributed by atoms with E-state index in [9.17, 15) is 9.90 Å². The number of rotatable bonds is 7. The lowest BCUT2D eigenvalue weighted by Gasteiger charge is -2.27. The molecule has 1 N–H and O–H groups in total. The van der Waals surface area contributed by atoms with Crippen LogP contribution < -0.4 is 0 Å². The fourth-order valence-electron chi connectivity index (χ4n) is 3.01. The second-order valence-electron chi connectivity index (χ2n) is 6.21. The number of likely N-dealkylation sites (N-methyl/N-ethyl adjacent to an activating group) is 1. The first-order chi connectivity index (χ1) is 10.7. The van der Waals surface area contributed by atoms with Gasteiger partial charge in [-0.2, -0.15) is 0 Å². The molecule has 4 heteroatoms. The van der Waals surface area contributed by atoms with Crippen LogP contribution in [0, 0.1) is 5.92 Å². The van der Waals surface area contributed by atoms with Crippen molar-refractivity contribution in [2.75, 3.05) is 20.2 Å². The molecule has 0 spiro atoms. The molecule has 2 rings (SSSR count). The number of carbonyl (C=O) groups excluding carboxylic acids is 1. The highest BCUT2D eigenvalue weighted by atomic mass is 16.5. The number of ether oxygens (including phenoxy) is 1. The van der Waals surface area contributed by atoms with E-state index in [2.05, 4.69) is 0 Å². The number of benzene rings is 1. The Morgan fingerprint density at radius 2 is 1.95 bits per heavy atom. The maximum atomic E-state index is 12.3. The van der Waals surface area contributed by atoms with Crippen molar-refractivity contribution in [3.8, 4) is 0 Å². The number of aliphatic hydroxyl groups is 1. The number of carbonyl (C=O) groups is 1. The number of hydrogen-bond acceptors (Lipinski definition) is 3. The van der Waals surface area contributed by atoms with Crippen LogP contribution in [0.1, 0.15) is 37.7 Å². The Balaban J connectivity index is 1.67. The summed E-state index contributed by atoms with van der Waals surface area (Å²) in [5.74, 6) is 0.318. The predicted molar refractivity (Wildman–Crippen MR) is 86.3 cm³/mol. The van der Waals surface area contributed by atoms with Crippen LogP contribution in [-0.4, -0.2) is 42.2 Å². The molecule has 1 atom stereocenters. The first-order valence-electron chi connectivity index (χ1n) is 8.21. The Kier molecular flexibility index (Phi) is 6.87. The standard InChI is InChI=1S/C18H27NO3/c1-19(18(21)16-10-6-3-7-11-16)12-17(20)14-22-13-15-8-4-2-5-9-15/h2,4-5,8-9,16-17,20H,3,6-7,10-14H2,1H3. The molecule has 22 heavy (non-hydrogen) atoms. The van der Waals surface area contributed by atoms with Crippen LogP contribution >= 0.6 is 0 Å². The van der Waals surface area contributed by atoms with Gasteiger partial charge >= 0.3 is 0 Å². The summed E-state index contributed by atoms with van der Waals surface area (Å²) in [7, 11) is 1.78. The number of amides is 1. The second-order valence-corrected chi connectivity index (χ2v) is 6.21. The molecule has 4 nitrogen and oxygen atoms in total. The van der Waals surface area contributed by atoms with Crippen LogP contribution in [0.3, 0.4) is 0 Å². The zero-order valence-corrected chi connectivity index (χ0v) is 13.4. The van der Waals surface area contributed by atoms with Gasteiger partial charge in [-0.1, -0.05) is 49.6 Å². The summed E-state index contributed by atoms with van der Waals surface area (Å²) in [4.78, 5) is 14.0. The molecule has 0 aliphatic heterocycles. The molecule has 122 valence electrons. The van der Waals surface area contributed by atoms with Crippen molar-refractivity contribution in [1.82, 2.24) is 4.90 Å². The Hall–Kier alpha value is -1.39. The lowest BCUT2D eigenvalue weighted by atomic mass is 9.88. The van der Waals surface area contributed by atoms with Crippen molar-refractivity contribution in [2.24, 2.45) is 5.92 Å². The lowest BCUT2D eigenvalue weighted by Crippen LogP contribution is -2.40. The third kappa shape index (κ3) is 5.43. The van der Waals surface area contributed by atoms with Crippen LogP contribution in [0.4, 0.5) is 0 Å². The van der Waals surface area contributed by atoms with Crippen molar-refractivity contribution < 1.29 is 14.6 Å². The van der Waals surface area contributed by atoms with Crippen LogP contribution in [0.2, 0.25) is 0 Å². The van der Waals surface area contributed by atoms with Gasteiger partial charge in [-0.15, -0.1) is 0 Å². The summed E-state index contributed by atoms with van der Waals surface area (Å²) in [6, 6.07) is 9.87. The van der Waals surface area contributed by atoms with E-state index in [1.54, 1.807) is 11.9 Å². The quantitative estimate of drug-likeness (QED) is 0.842. The van der Waals surface area contributed by atoms with Gasteiger partial charge in [0.2, 0.25) is 5.91 Å². The Morgan fingerprint density at radius 1 is 1.27 bits per heavy atom. The van der Waals surface area contributed by atoms with E-state index in [4.69, 9.17) is 4.74 Å². The molecule has 0 aromatic heterocycles. The van der Waals surface area contributed by atoms with Gasteiger partial charge in [0.05, 0.1) is 19.3 Å². The Morgan fingerprint density at radius 3 is 2.64 bits per heavy atom. The second kappa shape index (κ2) is 8.91. The molecule has 1 aromatic carbocycles. The molecular formula is C18H27NO3. The number of nitrogens with zero attached hydrogens (tertiary/aromatic N) is 1. The highest BCUT2D eigenvalue weighted by Crippen LogP contribution is 2.25. The van der Waals surface area contributed by atoms with Gasteiger partial charge in [0.15, 0.2) is 0 Å². The van der Waals surface area contributed by atoms with Crippen molar-refractivity contribution in [3.05, 3.63) is 35.9 Å². The summed E-state index contributed by atoms with van der Waals surface area (Å²) in [5, 5.41) is 10.0. The van der Waals surface area contributed by atoms with Crippen LogP contribution in [0.25, 0.3) is 0 Å². The zero-order valence-electron chi connectivity index (χ0n) is 13.4. The van der Waals surface area contributed by atoms with Gasteiger partial charge in [-0.3, -0.25) is 4.79 Å². The molecule has 0 saturated heterocycles. The van der Waals surface area contributed by atoms with E-state index in [0.717, 1.165) is 31.2 Å². The average molecular weight is 305 g/mol. The molecule has 0 radical (unpaired) electrons. The molecule has 0 bridgehead atoms. The van der Waals surface area contributed by atoms with Gasteiger partial charge in [0, 0.05) is 19.5 Å². The molecule has 0 heterocycles. The van der Waals surface area contributed by atoms with E-state index in [1.807, 2.05) is 30.3 Å². The Labute approximate surface area is 133 Å². The van der Waals surface area contributed by atoms with Crippen LogP contribution in [0.15, 0.2) is 30.3 Å². The summed E-state index contributed by atoms with van der Waals surface area (Å²) < 4.78 is 5.52. The third-order valence-corrected chi connectivity index (χ3v) is 4.24. The highest BCUT2D eigenvalue weighted by molar-refractivity contribution is 5.78. The van der Waals surface area contributed by atoms with Crippen LogP contribution in [-0.2, 0) is 16.1 Å². The van der Waals surface area contributed by atoms with Gasteiger partial charge in [0.25, 0.3) is 0 Å². The summed E-state index contributed by atoms with van der Waals surface area (Å²) in [5.41, 5.74) is 1.08. The molecule has 1 aromatic rings. The van der Waals surface area contributed by atoms with Gasteiger partial charge < -0.3 is 14.7 Å². The molecule has 1 aliphatic carbocycles. The minimum atomic E-state index is -0.638. The first-order valence-corrected chi connectivity index (χ1v) is 8.21. The number of hydrogen-bond donors (Lipinski definition) is 1. The maximum Gasteiger partial charge on any atom is 0.225 e. The third-order valence-electron chi connectivity index (χ3n) is 4.24. The monoisotopic (exact) mass is 305 g/mol. The van der Waals surface area contributed by atoms with Crippen molar-refractivity contribution in [2.45, 2.75) is 44.8 Å². The predicted octanol–water partition coefficient (Wildman–Crippen LogP) is 2.60. The van der Waals surface area contributed by atoms with Crippen molar-refractivity contribution >= 4 is 5.91 Å². The molecule has 1 fully saturated rings. The summed E-state index contributed by atoms with van der Waals surface area (Å²) >= 11 is 0. The van der Waals surface area contributed by atoms with Gasteiger partial charge in [-0.25, -0.2) is 0 Å². The molecular weight excluding hydrogens is 278 g/mol. The smallest absolute Gasteiger partial charge is 0.225 e. The van der Waals surface area contributed by atoms with Gasteiger partial charge in [0.1, 0.15) is 0 Å². The molecule has 1 aliphatic rings. The normalized spacial score (nSPS) is 17.2. The van der Waals surface area contributed by atoms with E-state index >= 15 is 0 Å². The fraction of sp³-hybridized carbons (Fsp3) is 0.611. The first kappa shape index (κ1) is 17.0. The lowest BCUT2D eigenvalue weighted by molar-refractivity contribution is -0.137. The van der Waals surface area contributed by atoms with E-state index in [-0.39, 0.29) is 18.4 Å². The van der Waals surface area contributed by atoms with Crippen LogP contribution in [0.5, 0.6) is 0 Å². The highest BCUT2D eigenvalue weighted by Gasteiger charge is 2.25. The molecule has 1 unspecified atom stereocenters. The summed E-state index contributed by atoms with van der Waals surface area (Å²) in [6.45, 7) is 1.07. The topological polar surface area (TPSA) is 49.8 Å². The van der Waals surface area contributed by atoms with Crippen molar-refractivity contribution in [1.29, 1.82) is 0 Å². The minimum absolute atomic E-state index is 0.149. The SMILES string of the molecule is CN(CC(O)COCc1ccccc1)C(=O)C1CCCCC1. The summed E-state index contributed by atoms with van der Waals surface area (Å²) in [6.07, 6.45) is 4.87.